The van der Waals surface area contributed by atoms with Crippen molar-refractivity contribution < 1.29 is 19.0 Å². The average molecular weight is 321 g/mol. The molecule has 118 valence electrons. The maximum Gasteiger partial charge on any atom is 0.231 e. The maximum atomic E-state index is 11.5. The molecule has 0 spiro atoms. The Labute approximate surface area is 134 Å². The second kappa shape index (κ2) is 6.84. The number of carbonyl (C=O) groups is 1. The number of carbonyl (C=O) groups excluding carboxylic acids is 1. The number of amides is 1. The van der Waals surface area contributed by atoms with Crippen molar-refractivity contribution in [1.29, 1.82) is 0 Å². The van der Waals surface area contributed by atoms with Crippen LogP contribution in [0.15, 0.2) is 18.2 Å². The molecule has 1 aliphatic heterocycles. The van der Waals surface area contributed by atoms with Crippen molar-refractivity contribution >= 4 is 17.7 Å². The topological polar surface area (TPSA) is 56.8 Å². The van der Waals surface area contributed by atoms with Gasteiger partial charge in [-0.25, -0.2) is 0 Å². The van der Waals surface area contributed by atoms with E-state index in [-0.39, 0.29) is 18.1 Å². The molecule has 0 radical (unpaired) electrons. The molecule has 1 N–H and O–H groups in total. The molecule has 6 heteroatoms. The molecule has 22 heavy (non-hydrogen) atoms. The van der Waals surface area contributed by atoms with E-state index in [1.54, 1.807) is 19.1 Å². The first-order chi connectivity index (χ1) is 10.5. The van der Waals surface area contributed by atoms with E-state index in [9.17, 15) is 4.79 Å². The van der Waals surface area contributed by atoms with Gasteiger partial charge in [0.1, 0.15) is 11.3 Å². The minimum atomic E-state index is -0.795. The zero-order chi connectivity index (χ0) is 16.2. The Balaban J connectivity index is 2.22. The van der Waals surface area contributed by atoms with Crippen molar-refractivity contribution in [1.82, 2.24) is 5.32 Å². The molecule has 2 atom stereocenters. The number of nitrogens with one attached hydrogen (secondary N) is 1. The molecule has 1 aromatic carbocycles. The monoisotopic (exact) mass is 321 g/mol. The van der Waals surface area contributed by atoms with Crippen molar-refractivity contribution in [2.75, 3.05) is 13.0 Å². The lowest BCUT2D eigenvalue weighted by Crippen LogP contribution is -2.53. The third kappa shape index (κ3) is 3.60. The number of hydrogen-bond donors (Lipinski definition) is 1. The van der Waals surface area contributed by atoms with E-state index in [0.29, 0.717) is 17.2 Å². The predicted octanol–water partition coefficient (Wildman–Crippen LogP) is 2.40. The molecule has 0 aliphatic carbocycles. The smallest absolute Gasteiger partial charge is 0.231 e. The number of benzene rings is 1. The molecule has 1 aliphatic rings. The normalized spacial score (nSPS) is 16.0. The summed E-state index contributed by atoms with van der Waals surface area (Å²) in [6.45, 7) is 5.26. The molecule has 0 saturated heterocycles. The largest absolute Gasteiger partial charge is 0.476 e. The second-order valence-electron chi connectivity index (χ2n) is 4.96. The van der Waals surface area contributed by atoms with Crippen LogP contribution >= 0.6 is 11.8 Å². The summed E-state index contributed by atoms with van der Waals surface area (Å²) in [6, 6.07) is 5.39. The zero-order valence-corrected chi connectivity index (χ0v) is 13.9. The molecule has 1 heterocycles. The Morgan fingerprint density at radius 2 is 2.18 bits per heavy atom. The molecule has 2 rings (SSSR count). The SMILES string of the molecule is CC#CC(C)(NC(C)=O)C(Oc1ccc2c(c1)OCO2)SC. The van der Waals surface area contributed by atoms with E-state index >= 15 is 0 Å². The van der Waals surface area contributed by atoms with Gasteiger partial charge in [0, 0.05) is 13.0 Å². The lowest BCUT2D eigenvalue weighted by molar-refractivity contribution is -0.120. The summed E-state index contributed by atoms with van der Waals surface area (Å²) in [5.41, 5.74) is -1.17. The van der Waals surface area contributed by atoms with Crippen LogP contribution in [0.1, 0.15) is 20.8 Å². The maximum absolute atomic E-state index is 11.5. The molecule has 5 nitrogen and oxygen atoms in total. The molecule has 2 unspecified atom stereocenters. The Hall–Kier alpha value is -2.00. The van der Waals surface area contributed by atoms with Crippen LogP contribution in [0.25, 0.3) is 0 Å². The van der Waals surface area contributed by atoms with Crippen LogP contribution in [0, 0.1) is 11.8 Å². The zero-order valence-electron chi connectivity index (χ0n) is 13.1. The summed E-state index contributed by atoms with van der Waals surface area (Å²) in [4.78, 5) is 11.5. The van der Waals surface area contributed by atoms with E-state index in [1.165, 1.54) is 18.7 Å². The Bertz CT molecular complexity index is 622. The highest BCUT2D eigenvalue weighted by Gasteiger charge is 2.35. The van der Waals surface area contributed by atoms with Gasteiger partial charge in [0.05, 0.1) is 0 Å². The van der Waals surface area contributed by atoms with Crippen molar-refractivity contribution in [2.45, 2.75) is 31.7 Å². The molecule has 1 amide bonds. The Morgan fingerprint density at radius 1 is 1.45 bits per heavy atom. The third-order valence-electron chi connectivity index (χ3n) is 3.09. The van der Waals surface area contributed by atoms with Crippen molar-refractivity contribution in [2.24, 2.45) is 0 Å². The minimum absolute atomic E-state index is 0.154. The number of ether oxygens (including phenoxy) is 3. The van der Waals surface area contributed by atoms with Gasteiger partial charge in [-0.15, -0.1) is 17.7 Å². The van der Waals surface area contributed by atoms with Crippen molar-refractivity contribution in [3.63, 3.8) is 0 Å². The molecule has 0 bridgehead atoms. The van der Waals surface area contributed by atoms with Crippen LogP contribution in [0.3, 0.4) is 0 Å². The van der Waals surface area contributed by atoms with Crippen LogP contribution in [0.2, 0.25) is 0 Å². The molecular formula is C16H19NO4S. The Kier molecular flexibility index (Phi) is 5.09. The standard InChI is InChI=1S/C16H19NO4S/c1-5-8-16(3,17-11(2)18)15(22-4)21-12-6-7-13-14(9-12)20-10-19-13/h6-7,9,15H,10H2,1-4H3,(H,17,18). The van der Waals surface area contributed by atoms with Crippen molar-refractivity contribution in [3.8, 4) is 29.1 Å². The first-order valence-electron chi connectivity index (χ1n) is 6.80. The number of thioether (sulfide) groups is 1. The average Bonchev–Trinajstić information content (AvgIpc) is 2.91. The highest BCUT2D eigenvalue weighted by atomic mass is 32.2. The van der Waals surface area contributed by atoms with E-state index in [4.69, 9.17) is 14.2 Å². The van der Waals surface area contributed by atoms with Crippen molar-refractivity contribution in [3.05, 3.63) is 18.2 Å². The highest BCUT2D eigenvalue weighted by Crippen LogP contribution is 2.36. The third-order valence-corrected chi connectivity index (χ3v) is 4.09. The van der Waals surface area contributed by atoms with Crippen LogP contribution in [0.5, 0.6) is 17.2 Å². The summed E-state index contributed by atoms with van der Waals surface area (Å²) in [7, 11) is 0. The summed E-state index contributed by atoms with van der Waals surface area (Å²) < 4.78 is 16.6. The second-order valence-corrected chi connectivity index (χ2v) is 5.86. The minimum Gasteiger partial charge on any atom is -0.476 e. The first kappa shape index (κ1) is 16.4. The highest BCUT2D eigenvalue weighted by molar-refractivity contribution is 7.99. The fourth-order valence-electron chi connectivity index (χ4n) is 2.25. The summed E-state index contributed by atoms with van der Waals surface area (Å²) in [5, 5.41) is 2.87. The molecule has 1 aromatic rings. The molecule has 0 saturated carbocycles. The summed E-state index contributed by atoms with van der Waals surface area (Å²) in [5.74, 6) is 7.72. The van der Waals surface area contributed by atoms with Gasteiger partial charge in [0.15, 0.2) is 16.9 Å². The lowest BCUT2D eigenvalue weighted by Gasteiger charge is -2.32. The van der Waals surface area contributed by atoms with E-state index in [0.717, 1.165) is 0 Å². The van der Waals surface area contributed by atoms with Gasteiger partial charge in [0.2, 0.25) is 12.7 Å². The lowest BCUT2D eigenvalue weighted by atomic mass is 10.0. The van der Waals surface area contributed by atoms with E-state index in [1.807, 2.05) is 19.2 Å². The quantitative estimate of drug-likeness (QED) is 0.667. The predicted molar refractivity (Wildman–Crippen MR) is 86.2 cm³/mol. The van der Waals surface area contributed by atoms with Crippen LogP contribution < -0.4 is 19.5 Å². The van der Waals surface area contributed by atoms with Gasteiger partial charge in [0.25, 0.3) is 0 Å². The van der Waals surface area contributed by atoms with Gasteiger partial charge >= 0.3 is 0 Å². The summed E-state index contributed by atoms with van der Waals surface area (Å²) >= 11 is 1.48. The number of hydrogen-bond acceptors (Lipinski definition) is 5. The number of fused-ring (bicyclic) bond motifs is 1. The molecular weight excluding hydrogens is 302 g/mol. The van der Waals surface area contributed by atoms with Crippen LogP contribution in [-0.2, 0) is 4.79 Å². The van der Waals surface area contributed by atoms with Gasteiger partial charge < -0.3 is 19.5 Å². The molecule has 0 fully saturated rings. The van der Waals surface area contributed by atoms with E-state index < -0.39 is 5.54 Å². The van der Waals surface area contributed by atoms with Crippen LogP contribution in [-0.4, -0.2) is 29.9 Å². The van der Waals surface area contributed by atoms with E-state index in [2.05, 4.69) is 17.2 Å². The van der Waals surface area contributed by atoms with Gasteiger partial charge in [-0.05, 0) is 32.2 Å². The van der Waals surface area contributed by atoms with Gasteiger partial charge in [-0.3, -0.25) is 4.79 Å². The number of rotatable bonds is 5. The molecule has 0 aromatic heterocycles. The fourth-order valence-corrected chi connectivity index (χ4v) is 3.05. The fraction of sp³-hybridized carbons (Fsp3) is 0.438. The van der Waals surface area contributed by atoms with Gasteiger partial charge in [-0.1, -0.05) is 5.92 Å². The summed E-state index contributed by atoms with van der Waals surface area (Å²) in [6.07, 6.45) is 1.91. The van der Waals surface area contributed by atoms with Gasteiger partial charge in [-0.2, -0.15) is 0 Å². The van der Waals surface area contributed by atoms with Crippen LogP contribution in [0.4, 0.5) is 0 Å². The first-order valence-corrected chi connectivity index (χ1v) is 8.09. The Morgan fingerprint density at radius 3 is 2.82 bits per heavy atom.